The van der Waals surface area contributed by atoms with Gasteiger partial charge in [-0.1, -0.05) is 83.2 Å². The third-order valence-corrected chi connectivity index (χ3v) is 11.8. The van der Waals surface area contributed by atoms with Crippen LogP contribution in [0.25, 0.3) is 0 Å². The van der Waals surface area contributed by atoms with Crippen LogP contribution in [0.1, 0.15) is 105 Å². The van der Waals surface area contributed by atoms with E-state index in [4.69, 9.17) is 21.1 Å². The van der Waals surface area contributed by atoms with Crippen molar-refractivity contribution in [3.63, 3.8) is 0 Å². The Balaban J connectivity index is 1.22. The summed E-state index contributed by atoms with van der Waals surface area (Å²) in [5, 5.41) is 0.545. The van der Waals surface area contributed by atoms with Crippen LogP contribution in [-0.4, -0.2) is 12.3 Å². The number of rotatable bonds is 7. The molecule has 1 aromatic rings. The molecule has 0 unspecified atom stereocenters. The van der Waals surface area contributed by atoms with Gasteiger partial charge < -0.3 is 9.47 Å². The van der Waals surface area contributed by atoms with Gasteiger partial charge in [-0.2, -0.15) is 0 Å². The Morgan fingerprint density at radius 3 is 2.63 bits per heavy atom. The SMILES string of the molecule is CC(C)CCC[C@@H](C)[C@H]1CC[C@@H]2[C@H]3CC=C4C[C@@H](OC(=O)Oc5cccc(Cl)c5)CC[C@]4(C)[C@H]3CC[C@@]21C. The number of hydrogen-bond acceptors (Lipinski definition) is 3. The summed E-state index contributed by atoms with van der Waals surface area (Å²) >= 11 is 6.02. The summed E-state index contributed by atoms with van der Waals surface area (Å²) < 4.78 is 11.2. The second-order valence-corrected chi connectivity index (χ2v) is 14.5. The summed E-state index contributed by atoms with van der Waals surface area (Å²) in [6, 6.07) is 6.90. The maximum Gasteiger partial charge on any atom is 0.514 e. The number of carbonyl (C=O) groups excluding carboxylic acids is 1. The molecule has 4 aliphatic rings. The van der Waals surface area contributed by atoms with E-state index in [1.807, 2.05) is 0 Å². The summed E-state index contributed by atoms with van der Waals surface area (Å²) in [7, 11) is 0. The molecule has 0 radical (unpaired) electrons. The van der Waals surface area contributed by atoms with Crippen LogP contribution >= 0.6 is 11.6 Å². The van der Waals surface area contributed by atoms with Crippen LogP contribution < -0.4 is 4.74 Å². The zero-order valence-corrected chi connectivity index (χ0v) is 25.1. The highest BCUT2D eigenvalue weighted by atomic mass is 35.5. The van der Waals surface area contributed by atoms with Gasteiger partial charge in [0.1, 0.15) is 11.9 Å². The highest BCUT2D eigenvalue weighted by Gasteiger charge is 2.59. The number of fused-ring (bicyclic) bond motifs is 5. The fraction of sp³-hybridized carbons (Fsp3) is 0.735. The highest BCUT2D eigenvalue weighted by molar-refractivity contribution is 6.30. The van der Waals surface area contributed by atoms with Gasteiger partial charge in [0.15, 0.2) is 0 Å². The van der Waals surface area contributed by atoms with Gasteiger partial charge in [-0.05, 0) is 109 Å². The Kier molecular flexibility index (Phi) is 8.26. The third-order valence-electron chi connectivity index (χ3n) is 11.5. The van der Waals surface area contributed by atoms with Crippen molar-refractivity contribution < 1.29 is 14.3 Å². The molecule has 38 heavy (non-hydrogen) atoms. The smallest absolute Gasteiger partial charge is 0.430 e. The van der Waals surface area contributed by atoms with Gasteiger partial charge in [0.05, 0.1) is 0 Å². The van der Waals surface area contributed by atoms with E-state index >= 15 is 0 Å². The average molecular weight is 541 g/mol. The van der Waals surface area contributed by atoms with Crippen molar-refractivity contribution in [2.45, 2.75) is 111 Å². The van der Waals surface area contributed by atoms with Crippen molar-refractivity contribution in [1.82, 2.24) is 0 Å². The van der Waals surface area contributed by atoms with E-state index in [0.29, 0.717) is 16.2 Å². The molecule has 0 aliphatic heterocycles. The maximum absolute atomic E-state index is 12.5. The minimum Gasteiger partial charge on any atom is -0.430 e. The summed E-state index contributed by atoms with van der Waals surface area (Å²) in [5.74, 6) is 5.46. The van der Waals surface area contributed by atoms with Crippen LogP contribution in [0.2, 0.25) is 5.02 Å². The molecule has 0 saturated heterocycles. The van der Waals surface area contributed by atoms with Crippen molar-refractivity contribution in [3.05, 3.63) is 40.9 Å². The molecule has 0 heterocycles. The standard InChI is InChI=1S/C34H49ClO3/c1-22(2)8-6-9-23(3)29-14-15-30-28-13-12-24-20-27(38-32(36)37-26-11-7-10-25(35)21-26)16-18-33(24,4)31(28)17-19-34(29,30)5/h7,10-12,21-23,27-31H,6,8-9,13-20H2,1-5H3/t23-,27+,28-,29-,30-,31+,33+,34-/m1/s1. The molecule has 0 spiro atoms. The van der Waals surface area contributed by atoms with Gasteiger partial charge in [0, 0.05) is 11.4 Å². The lowest BCUT2D eigenvalue weighted by Crippen LogP contribution is -2.51. The van der Waals surface area contributed by atoms with E-state index in [2.05, 4.69) is 40.7 Å². The third kappa shape index (κ3) is 5.43. The van der Waals surface area contributed by atoms with Crippen LogP contribution in [0, 0.1) is 46.3 Å². The molecule has 0 aromatic heterocycles. The first-order valence-electron chi connectivity index (χ1n) is 15.4. The van der Waals surface area contributed by atoms with Crippen molar-refractivity contribution >= 4 is 17.8 Å². The molecule has 8 atom stereocenters. The van der Waals surface area contributed by atoms with Crippen LogP contribution in [0.5, 0.6) is 5.75 Å². The summed E-state index contributed by atoms with van der Waals surface area (Å²) in [6.45, 7) is 12.5. The lowest BCUT2D eigenvalue weighted by Gasteiger charge is -2.58. The topological polar surface area (TPSA) is 35.5 Å². The zero-order valence-electron chi connectivity index (χ0n) is 24.3. The normalized spacial score (nSPS) is 37.0. The fourth-order valence-corrected chi connectivity index (χ4v) is 9.72. The van der Waals surface area contributed by atoms with E-state index in [1.54, 1.807) is 24.3 Å². The molecular weight excluding hydrogens is 492 g/mol. The zero-order chi connectivity index (χ0) is 27.1. The molecular formula is C34H49ClO3. The van der Waals surface area contributed by atoms with E-state index in [0.717, 1.165) is 54.8 Å². The molecule has 0 bridgehead atoms. The second kappa shape index (κ2) is 11.2. The minimum absolute atomic E-state index is 0.103. The Morgan fingerprint density at radius 2 is 1.87 bits per heavy atom. The Hall–Kier alpha value is -1.48. The summed E-state index contributed by atoms with van der Waals surface area (Å²) in [5.41, 5.74) is 2.30. The first kappa shape index (κ1) is 28.1. The summed E-state index contributed by atoms with van der Waals surface area (Å²) in [6.07, 6.45) is 15.7. The summed E-state index contributed by atoms with van der Waals surface area (Å²) in [4.78, 5) is 12.5. The lowest BCUT2D eigenvalue weighted by atomic mass is 9.47. The maximum atomic E-state index is 12.5. The van der Waals surface area contributed by atoms with Gasteiger partial charge in [-0.3, -0.25) is 0 Å². The molecule has 210 valence electrons. The van der Waals surface area contributed by atoms with Gasteiger partial charge in [0.25, 0.3) is 0 Å². The monoisotopic (exact) mass is 540 g/mol. The van der Waals surface area contributed by atoms with Crippen LogP contribution in [0.3, 0.4) is 0 Å². The molecule has 4 heteroatoms. The number of benzene rings is 1. The molecule has 0 amide bonds. The quantitative estimate of drug-likeness (QED) is 0.196. The first-order chi connectivity index (χ1) is 18.1. The van der Waals surface area contributed by atoms with Crippen molar-refractivity contribution in [1.29, 1.82) is 0 Å². The number of carbonyl (C=O) groups is 1. The van der Waals surface area contributed by atoms with Gasteiger partial charge in [0.2, 0.25) is 0 Å². The molecule has 0 N–H and O–H groups in total. The van der Waals surface area contributed by atoms with Gasteiger partial charge in [-0.25, -0.2) is 4.79 Å². The lowest BCUT2D eigenvalue weighted by molar-refractivity contribution is -0.0597. The number of halogens is 1. The van der Waals surface area contributed by atoms with Crippen molar-refractivity contribution in [2.75, 3.05) is 0 Å². The minimum atomic E-state index is -0.622. The van der Waals surface area contributed by atoms with Gasteiger partial charge in [-0.15, -0.1) is 0 Å². The van der Waals surface area contributed by atoms with Crippen LogP contribution in [0.15, 0.2) is 35.9 Å². The predicted octanol–water partition coefficient (Wildman–Crippen LogP) is 10.3. The first-order valence-corrected chi connectivity index (χ1v) is 15.8. The van der Waals surface area contributed by atoms with E-state index < -0.39 is 6.16 Å². The molecule has 5 rings (SSSR count). The van der Waals surface area contributed by atoms with E-state index in [-0.39, 0.29) is 11.5 Å². The van der Waals surface area contributed by atoms with E-state index in [1.165, 1.54) is 56.9 Å². The predicted molar refractivity (Wildman–Crippen MR) is 155 cm³/mol. The van der Waals surface area contributed by atoms with Crippen LogP contribution in [0.4, 0.5) is 4.79 Å². The van der Waals surface area contributed by atoms with Crippen molar-refractivity contribution in [3.8, 4) is 5.75 Å². The van der Waals surface area contributed by atoms with E-state index in [9.17, 15) is 4.79 Å². The number of hydrogen-bond donors (Lipinski definition) is 0. The molecule has 4 aliphatic carbocycles. The van der Waals surface area contributed by atoms with Crippen molar-refractivity contribution in [2.24, 2.45) is 46.3 Å². The Bertz CT molecular complexity index is 1030. The fourth-order valence-electron chi connectivity index (χ4n) is 9.54. The Morgan fingerprint density at radius 1 is 1.05 bits per heavy atom. The second-order valence-electron chi connectivity index (χ2n) is 14.1. The van der Waals surface area contributed by atoms with Crippen LogP contribution in [-0.2, 0) is 4.74 Å². The largest absolute Gasteiger partial charge is 0.514 e. The molecule has 3 fully saturated rings. The van der Waals surface area contributed by atoms with Gasteiger partial charge >= 0.3 is 6.16 Å². The molecule has 3 nitrogen and oxygen atoms in total. The average Bonchev–Trinajstić information content (AvgIpc) is 3.21. The molecule has 1 aromatic carbocycles. The Labute approximate surface area is 236 Å². The highest BCUT2D eigenvalue weighted by Crippen LogP contribution is 2.67. The molecule has 3 saturated carbocycles. The number of allylic oxidation sites excluding steroid dienone is 1. The number of ether oxygens (including phenoxy) is 2.